The van der Waals surface area contributed by atoms with E-state index in [0.717, 1.165) is 38.1 Å². The Morgan fingerprint density at radius 1 is 1.30 bits per heavy atom. The van der Waals surface area contributed by atoms with Crippen molar-refractivity contribution < 1.29 is 13.6 Å². The first-order valence-electron chi connectivity index (χ1n) is 7.92. The van der Waals surface area contributed by atoms with Crippen molar-refractivity contribution in [2.45, 2.75) is 25.8 Å². The minimum Gasteiger partial charge on any atom is -0.348 e. The van der Waals surface area contributed by atoms with Gasteiger partial charge in [0.2, 0.25) is 0 Å². The lowest BCUT2D eigenvalue weighted by atomic mass is 9.90. The van der Waals surface area contributed by atoms with Crippen LogP contribution >= 0.6 is 0 Å². The van der Waals surface area contributed by atoms with Gasteiger partial charge in [-0.15, -0.1) is 0 Å². The number of amides is 1. The van der Waals surface area contributed by atoms with Crippen LogP contribution < -0.4 is 5.32 Å². The highest BCUT2D eigenvalue weighted by atomic mass is 19.1. The molecule has 1 aromatic heterocycles. The van der Waals surface area contributed by atoms with Gasteiger partial charge in [0.15, 0.2) is 0 Å². The number of hydrogen-bond donors (Lipinski definition) is 2. The molecule has 6 heteroatoms. The predicted octanol–water partition coefficient (Wildman–Crippen LogP) is 2.91. The van der Waals surface area contributed by atoms with Crippen LogP contribution in [-0.2, 0) is 0 Å². The number of piperidine rings is 1. The number of likely N-dealkylation sites (tertiary alicyclic amines) is 1. The zero-order valence-corrected chi connectivity index (χ0v) is 13.3. The van der Waals surface area contributed by atoms with Gasteiger partial charge in [0.25, 0.3) is 5.91 Å². The van der Waals surface area contributed by atoms with Crippen LogP contribution in [0.4, 0.5) is 8.78 Å². The molecule has 1 aliphatic heterocycles. The third-order valence-corrected chi connectivity index (χ3v) is 4.76. The Hall–Kier alpha value is -1.95. The summed E-state index contributed by atoms with van der Waals surface area (Å²) in [5.74, 6) is -1.01. The molecule has 0 saturated carbocycles. The summed E-state index contributed by atoms with van der Waals surface area (Å²) in [5.41, 5.74) is 0.214. The number of nitrogens with one attached hydrogen (secondary N) is 2. The first-order valence-corrected chi connectivity index (χ1v) is 7.92. The van der Waals surface area contributed by atoms with E-state index in [-0.39, 0.29) is 28.5 Å². The van der Waals surface area contributed by atoms with E-state index in [1.807, 2.05) is 6.92 Å². The third-order valence-electron chi connectivity index (χ3n) is 4.76. The molecule has 1 fully saturated rings. The summed E-state index contributed by atoms with van der Waals surface area (Å²) in [6.45, 7) is 4.03. The average Bonchev–Trinajstić information content (AvgIpc) is 2.98. The van der Waals surface area contributed by atoms with Gasteiger partial charge in [-0.3, -0.25) is 4.79 Å². The highest BCUT2D eigenvalue weighted by molar-refractivity contribution is 5.98. The zero-order chi connectivity index (χ0) is 16.6. The second-order valence-corrected chi connectivity index (χ2v) is 6.40. The monoisotopic (exact) mass is 321 g/mol. The number of nitrogens with zero attached hydrogens (tertiary/aromatic N) is 1. The summed E-state index contributed by atoms with van der Waals surface area (Å²) in [7, 11) is 2.09. The molecular formula is C17H21F2N3O. The lowest BCUT2D eigenvalue weighted by molar-refractivity contribution is 0.0905. The zero-order valence-electron chi connectivity index (χ0n) is 13.3. The van der Waals surface area contributed by atoms with Gasteiger partial charge in [-0.1, -0.05) is 0 Å². The number of carbonyl (C=O) groups excluding carboxylic acids is 1. The first kappa shape index (κ1) is 15.9. The summed E-state index contributed by atoms with van der Waals surface area (Å²) in [5, 5.41) is 3.05. The Morgan fingerprint density at radius 3 is 2.61 bits per heavy atom. The van der Waals surface area contributed by atoms with E-state index in [4.69, 9.17) is 0 Å². The minimum atomic E-state index is -0.566. The molecule has 1 saturated heterocycles. The molecule has 3 rings (SSSR count). The van der Waals surface area contributed by atoms with Gasteiger partial charge < -0.3 is 15.2 Å². The molecule has 1 amide bonds. The molecule has 1 unspecified atom stereocenters. The second kappa shape index (κ2) is 6.28. The van der Waals surface area contributed by atoms with Gasteiger partial charge in [-0.2, -0.15) is 0 Å². The van der Waals surface area contributed by atoms with Crippen molar-refractivity contribution in [2.75, 3.05) is 20.1 Å². The number of hydrogen-bond acceptors (Lipinski definition) is 2. The average molecular weight is 321 g/mol. The SMILES string of the molecule is CC(NC(=O)c1cc2c(F)ccc(F)c2[nH]1)C1CCN(C)CC1. The van der Waals surface area contributed by atoms with Gasteiger partial charge in [0, 0.05) is 11.4 Å². The van der Waals surface area contributed by atoms with Gasteiger partial charge in [-0.25, -0.2) is 8.78 Å². The van der Waals surface area contributed by atoms with E-state index >= 15 is 0 Å². The highest BCUT2D eigenvalue weighted by Gasteiger charge is 2.24. The largest absolute Gasteiger partial charge is 0.348 e. The van der Waals surface area contributed by atoms with E-state index < -0.39 is 11.6 Å². The van der Waals surface area contributed by atoms with Crippen LogP contribution in [0.1, 0.15) is 30.3 Å². The number of carbonyl (C=O) groups is 1. The molecule has 0 bridgehead atoms. The van der Waals surface area contributed by atoms with E-state index in [1.165, 1.54) is 6.07 Å². The van der Waals surface area contributed by atoms with Crippen LogP contribution in [0.25, 0.3) is 10.9 Å². The fourth-order valence-electron chi connectivity index (χ4n) is 3.20. The number of H-pyrrole nitrogens is 1. The molecule has 23 heavy (non-hydrogen) atoms. The van der Waals surface area contributed by atoms with Crippen LogP contribution in [-0.4, -0.2) is 42.0 Å². The van der Waals surface area contributed by atoms with Crippen LogP contribution in [0, 0.1) is 17.6 Å². The Bertz CT molecular complexity index is 681. The fourth-order valence-corrected chi connectivity index (χ4v) is 3.20. The van der Waals surface area contributed by atoms with Crippen LogP contribution in [0.3, 0.4) is 0 Å². The van der Waals surface area contributed by atoms with E-state index in [2.05, 4.69) is 22.2 Å². The maximum absolute atomic E-state index is 13.7. The number of benzene rings is 1. The molecular weight excluding hydrogens is 300 g/mol. The molecule has 4 nitrogen and oxygen atoms in total. The lowest BCUT2D eigenvalue weighted by Gasteiger charge is -2.32. The van der Waals surface area contributed by atoms with Crippen LogP contribution in [0.5, 0.6) is 0 Å². The summed E-state index contributed by atoms with van der Waals surface area (Å²) in [6.07, 6.45) is 2.07. The molecule has 2 aromatic rings. The lowest BCUT2D eigenvalue weighted by Crippen LogP contribution is -2.43. The third kappa shape index (κ3) is 3.22. The van der Waals surface area contributed by atoms with Crippen molar-refractivity contribution in [3.63, 3.8) is 0 Å². The van der Waals surface area contributed by atoms with E-state index in [0.29, 0.717) is 5.92 Å². The number of aromatic amines is 1. The topological polar surface area (TPSA) is 48.1 Å². The minimum absolute atomic E-state index is 0.0253. The maximum Gasteiger partial charge on any atom is 0.267 e. The molecule has 0 aliphatic carbocycles. The van der Waals surface area contributed by atoms with Crippen LogP contribution in [0.15, 0.2) is 18.2 Å². The van der Waals surface area contributed by atoms with Gasteiger partial charge >= 0.3 is 0 Å². The summed E-state index contributed by atoms with van der Waals surface area (Å²) in [4.78, 5) is 17.3. The molecule has 1 aromatic carbocycles. The molecule has 0 spiro atoms. The standard InChI is InChI=1S/C17H21F2N3O/c1-10(11-5-7-22(2)8-6-11)20-17(23)15-9-12-13(18)3-4-14(19)16(12)21-15/h3-4,9-11,21H,5-8H2,1-2H3,(H,20,23). The number of aromatic nitrogens is 1. The quantitative estimate of drug-likeness (QED) is 0.913. The molecule has 0 radical (unpaired) electrons. The molecule has 1 aliphatic rings. The normalized spacial score (nSPS) is 18.3. The molecule has 1 atom stereocenters. The van der Waals surface area contributed by atoms with Crippen molar-refractivity contribution in [1.29, 1.82) is 0 Å². The summed E-state index contributed by atoms with van der Waals surface area (Å²) >= 11 is 0. The van der Waals surface area contributed by atoms with Crippen LogP contribution in [0.2, 0.25) is 0 Å². The number of fused-ring (bicyclic) bond motifs is 1. The summed E-state index contributed by atoms with van der Waals surface area (Å²) < 4.78 is 27.4. The highest BCUT2D eigenvalue weighted by Crippen LogP contribution is 2.23. The predicted molar refractivity (Wildman–Crippen MR) is 85.4 cm³/mol. The second-order valence-electron chi connectivity index (χ2n) is 6.40. The fraction of sp³-hybridized carbons (Fsp3) is 0.471. The summed E-state index contributed by atoms with van der Waals surface area (Å²) in [6, 6.07) is 3.51. The van der Waals surface area contributed by atoms with Gasteiger partial charge in [0.1, 0.15) is 17.3 Å². The Morgan fingerprint density at radius 2 is 1.96 bits per heavy atom. The van der Waals surface area contributed by atoms with E-state index in [1.54, 1.807) is 0 Å². The number of halogens is 2. The Labute approximate surface area is 133 Å². The van der Waals surface area contributed by atoms with Crippen molar-refractivity contribution in [3.05, 3.63) is 35.5 Å². The van der Waals surface area contributed by atoms with Crippen molar-refractivity contribution in [3.8, 4) is 0 Å². The van der Waals surface area contributed by atoms with Crippen molar-refractivity contribution >= 4 is 16.8 Å². The molecule has 124 valence electrons. The van der Waals surface area contributed by atoms with E-state index in [9.17, 15) is 13.6 Å². The Kier molecular flexibility index (Phi) is 4.35. The molecule has 2 heterocycles. The number of rotatable bonds is 3. The smallest absolute Gasteiger partial charge is 0.267 e. The first-order chi connectivity index (χ1) is 11.0. The van der Waals surface area contributed by atoms with Gasteiger partial charge in [-0.05, 0) is 64.0 Å². The maximum atomic E-state index is 13.7. The van der Waals surface area contributed by atoms with Crippen molar-refractivity contribution in [1.82, 2.24) is 15.2 Å². The van der Waals surface area contributed by atoms with Crippen molar-refractivity contribution in [2.24, 2.45) is 5.92 Å². The Balaban J connectivity index is 1.73. The van der Waals surface area contributed by atoms with Gasteiger partial charge in [0.05, 0.1) is 5.52 Å². The molecule has 2 N–H and O–H groups in total.